The molecule has 3 rings (SSSR count). The fourth-order valence-electron chi connectivity index (χ4n) is 3.00. The van der Waals surface area contributed by atoms with Crippen molar-refractivity contribution in [1.29, 1.82) is 0 Å². The number of urea groups is 1. The van der Waals surface area contributed by atoms with E-state index in [-0.39, 0.29) is 12.1 Å². The molecular formula is C18H22N4O. The van der Waals surface area contributed by atoms with Gasteiger partial charge in [0.2, 0.25) is 0 Å². The van der Waals surface area contributed by atoms with E-state index in [0.717, 1.165) is 12.1 Å². The summed E-state index contributed by atoms with van der Waals surface area (Å²) in [6, 6.07) is 12.2. The molecule has 0 radical (unpaired) electrons. The van der Waals surface area contributed by atoms with Crippen molar-refractivity contribution in [3.63, 3.8) is 0 Å². The molecule has 0 spiro atoms. The van der Waals surface area contributed by atoms with Crippen LogP contribution in [0.15, 0.2) is 48.8 Å². The second-order valence-corrected chi connectivity index (χ2v) is 6.01. The molecule has 1 N–H and O–H groups in total. The summed E-state index contributed by atoms with van der Waals surface area (Å²) in [5.41, 5.74) is 3.37. The van der Waals surface area contributed by atoms with Crippen LogP contribution in [0.5, 0.6) is 0 Å². The number of nitrogens with zero attached hydrogens (tertiary/aromatic N) is 3. The first-order chi connectivity index (χ1) is 11.1. The first-order valence-corrected chi connectivity index (χ1v) is 7.87. The first-order valence-electron chi connectivity index (χ1n) is 7.87. The number of benzene rings is 1. The molecule has 2 heterocycles. The van der Waals surface area contributed by atoms with Crippen molar-refractivity contribution in [2.45, 2.75) is 26.1 Å². The van der Waals surface area contributed by atoms with Crippen LogP contribution in [-0.4, -0.2) is 35.5 Å². The summed E-state index contributed by atoms with van der Waals surface area (Å²) < 4.78 is 0. The molecule has 0 saturated heterocycles. The van der Waals surface area contributed by atoms with E-state index in [0.29, 0.717) is 13.1 Å². The van der Waals surface area contributed by atoms with Gasteiger partial charge in [-0.1, -0.05) is 24.3 Å². The molecule has 1 aromatic heterocycles. The molecule has 0 bridgehead atoms. The highest BCUT2D eigenvalue weighted by atomic mass is 16.2. The molecule has 2 aromatic rings. The zero-order valence-electron chi connectivity index (χ0n) is 13.6. The van der Waals surface area contributed by atoms with Gasteiger partial charge in [-0.3, -0.25) is 4.98 Å². The molecule has 1 aromatic carbocycles. The van der Waals surface area contributed by atoms with Gasteiger partial charge in [-0.15, -0.1) is 0 Å². The number of carbonyl (C=O) groups excluding carboxylic acids is 1. The quantitative estimate of drug-likeness (QED) is 0.927. The van der Waals surface area contributed by atoms with E-state index in [1.165, 1.54) is 11.3 Å². The van der Waals surface area contributed by atoms with Gasteiger partial charge < -0.3 is 15.1 Å². The topological polar surface area (TPSA) is 48.5 Å². The third kappa shape index (κ3) is 3.44. The SMILES string of the molecule is C[C@@H]1CN(C)c2ccccc2CN1C(=O)NCc1cccnc1. The Balaban J connectivity index is 1.72. The molecule has 5 nitrogen and oxygen atoms in total. The van der Waals surface area contributed by atoms with Gasteiger partial charge in [-0.25, -0.2) is 4.79 Å². The van der Waals surface area contributed by atoms with Crippen LogP contribution in [0.4, 0.5) is 10.5 Å². The van der Waals surface area contributed by atoms with E-state index < -0.39 is 0 Å². The predicted molar refractivity (Wildman–Crippen MR) is 91.2 cm³/mol. The lowest BCUT2D eigenvalue weighted by molar-refractivity contribution is 0.178. The Bertz CT molecular complexity index is 674. The molecule has 2 amide bonds. The average molecular weight is 310 g/mol. The van der Waals surface area contributed by atoms with Gasteiger partial charge in [-0.2, -0.15) is 0 Å². The highest BCUT2D eigenvalue weighted by molar-refractivity contribution is 5.75. The van der Waals surface area contributed by atoms with Crippen molar-refractivity contribution in [3.8, 4) is 0 Å². The normalized spacial score (nSPS) is 17.4. The maximum atomic E-state index is 12.6. The minimum absolute atomic E-state index is 0.0357. The van der Waals surface area contributed by atoms with Gasteiger partial charge >= 0.3 is 6.03 Å². The number of carbonyl (C=O) groups is 1. The number of amides is 2. The van der Waals surface area contributed by atoms with Crippen molar-refractivity contribution < 1.29 is 4.79 Å². The summed E-state index contributed by atoms with van der Waals surface area (Å²) in [7, 11) is 2.08. The van der Waals surface area contributed by atoms with E-state index in [1.807, 2.05) is 29.2 Å². The van der Waals surface area contributed by atoms with Gasteiger partial charge in [0.15, 0.2) is 0 Å². The number of likely N-dealkylation sites (N-methyl/N-ethyl adjacent to an activating group) is 1. The Morgan fingerprint density at radius 2 is 2.13 bits per heavy atom. The van der Waals surface area contributed by atoms with Crippen molar-refractivity contribution in [2.75, 3.05) is 18.5 Å². The summed E-state index contributed by atoms with van der Waals surface area (Å²) in [4.78, 5) is 20.8. The number of rotatable bonds is 2. The van der Waals surface area contributed by atoms with Crippen molar-refractivity contribution >= 4 is 11.7 Å². The maximum Gasteiger partial charge on any atom is 0.318 e. The molecule has 0 fully saturated rings. The highest BCUT2D eigenvalue weighted by Crippen LogP contribution is 2.25. The minimum Gasteiger partial charge on any atom is -0.372 e. The summed E-state index contributed by atoms with van der Waals surface area (Å²) in [5.74, 6) is 0. The summed E-state index contributed by atoms with van der Waals surface area (Å²) in [6.07, 6.45) is 3.50. The predicted octanol–water partition coefficient (Wildman–Crippen LogP) is 2.63. The fourth-order valence-corrected chi connectivity index (χ4v) is 3.00. The van der Waals surface area contributed by atoms with Crippen molar-refractivity contribution in [1.82, 2.24) is 15.2 Å². The largest absolute Gasteiger partial charge is 0.372 e. The number of aromatic nitrogens is 1. The average Bonchev–Trinajstić information content (AvgIpc) is 2.70. The molecule has 1 aliphatic rings. The monoisotopic (exact) mass is 310 g/mol. The van der Waals surface area contributed by atoms with E-state index in [1.54, 1.807) is 12.4 Å². The van der Waals surface area contributed by atoms with Gasteiger partial charge in [-0.05, 0) is 30.2 Å². The van der Waals surface area contributed by atoms with Gasteiger partial charge in [0.1, 0.15) is 0 Å². The summed E-state index contributed by atoms with van der Waals surface area (Å²) in [6.45, 7) is 4.03. The Morgan fingerprint density at radius 3 is 2.91 bits per heavy atom. The smallest absolute Gasteiger partial charge is 0.318 e. The molecule has 0 aliphatic carbocycles. The lowest BCUT2D eigenvalue weighted by Gasteiger charge is -2.28. The van der Waals surface area contributed by atoms with Crippen LogP contribution in [0.25, 0.3) is 0 Å². The number of nitrogens with one attached hydrogen (secondary N) is 1. The number of hydrogen-bond donors (Lipinski definition) is 1. The van der Waals surface area contributed by atoms with Crippen LogP contribution in [0.2, 0.25) is 0 Å². The third-order valence-corrected chi connectivity index (χ3v) is 4.24. The van der Waals surface area contributed by atoms with E-state index in [2.05, 4.69) is 41.3 Å². The van der Waals surface area contributed by atoms with E-state index in [4.69, 9.17) is 0 Å². The fraction of sp³-hybridized carbons (Fsp3) is 0.333. The summed E-state index contributed by atoms with van der Waals surface area (Å²) in [5, 5.41) is 3.00. The molecule has 1 atom stereocenters. The van der Waals surface area contributed by atoms with E-state index in [9.17, 15) is 4.79 Å². The molecule has 0 saturated carbocycles. The zero-order chi connectivity index (χ0) is 16.2. The van der Waals surface area contributed by atoms with Gasteiger partial charge in [0.25, 0.3) is 0 Å². The highest BCUT2D eigenvalue weighted by Gasteiger charge is 2.26. The van der Waals surface area contributed by atoms with Crippen molar-refractivity contribution in [2.24, 2.45) is 0 Å². The van der Waals surface area contributed by atoms with E-state index >= 15 is 0 Å². The van der Waals surface area contributed by atoms with Gasteiger partial charge in [0.05, 0.1) is 0 Å². The molecular weight excluding hydrogens is 288 g/mol. The second kappa shape index (κ2) is 6.69. The van der Waals surface area contributed by atoms with Crippen LogP contribution in [0.3, 0.4) is 0 Å². The Hall–Kier alpha value is -2.56. The molecule has 0 unspecified atom stereocenters. The lowest BCUT2D eigenvalue weighted by Crippen LogP contribution is -2.46. The number of anilines is 1. The molecule has 1 aliphatic heterocycles. The first kappa shape index (κ1) is 15.3. The standard InChI is InChI=1S/C18H22N4O/c1-14-12-21(2)17-8-4-3-7-16(17)13-22(14)18(23)20-11-15-6-5-9-19-10-15/h3-10,14H,11-13H2,1-2H3,(H,20,23)/t14-/m1/s1. The van der Waals surface area contributed by atoms with Gasteiger partial charge in [0, 0.05) is 50.8 Å². The Labute approximate surface area is 136 Å². The molecule has 5 heteroatoms. The third-order valence-electron chi connectivity index (χ3n) is 4.24. The maximum absolute atomic E-state index is 12.6. The molecule has 23 heavy (non-hydrogen) atoms. The Kier molecular flexibility index (Phi) is 4.46. The van der Waals surface area contributed by atoms with Crippen LogP contribution >= 0.6 is 0 Å². The minimum atomic E-state index is -0.0357. The number of fused-ring (bicyclic) bond motifs is 1. The number of pyridine rings is 1. The van der Waals surface area contributed by atoms with Crippen LogP contribution in [0.1, 0.15) is 18.1 Å². The lowest BCUT2D eigenvalue weighted by atomic mass is 10.1. The summed E-state index contributed by atoms with van der Waals surface area (Å²) >= 11 is 0. The number of hydrogen-bond acceptors (Lipinski definition) is 3. The van der Waals surface area contributed by atoms with Crippen LogP contribution in [0, 0.1) is 0 Å². The van der Waals surface area contributed by atoms with Crippen molar-refractivity contribution in [3.05, 3.63) is 59.9 Å². The van der Waals surface area contributed by atoms with Crippen LogP contribution in [-0.2, 0) is 13.1 Å². The zero-order valence-corrected chi connectivity index (χ0v) is 13.6. The molecule has 120 valence electrons. The van der Waals surface area contributed by atoms with Crippen LogP contribution < -0.4 is 10.2 Å². The second-order valence-electron chi connectivity index (χ2n) is 6.01. The number of para-hydroxylation sites is 1. The Morgan fingerprint density at radius 1 is 1.30 bits per heavy atom.